The molecule has 116 valence electrons. The van der Waals surface area contributed by atoms with Crippen LogP contribution in [-0.4, -0.2) is 17.7 Å². The summed E-state index contributed by atoms with van der Waals surface area (Å²) in [6.45, 7) is 1.69. The third-order valence-corrected chi connectivity index (χ3v) is 3.24. The number of carbonyl (C=O) groups is 1. The second-order valence-corrected chi connectivity index (χ2v) is 5.17. The average molecular weight is 408 g/mol. The number of hydrogen-bond acceptors (Lipinski definition) is 4. The third kappa shape index (κ3) is 5.05. The predicted molar refractivity (Wildman–Crippen MR) is 77.7 cm³/mol. The number of hydrazone groups is 1. The van der Waals surface area contributed by atoms with Crippen molar-refractivity contribution in [3.05, 3.63) is 27.2 Å². The number of nitrogens with one attached hydrogen (secondary N) is 1. The van der Waals surface area contributed by atoms with Crippen molar-refractivity contribution in [1.29, 1.82) is 0 Å². The highest BCUT2D eigenvalue weighted by molar-refractivity contribution is 9.10. The van der Waals surface area contributed by atoms with Crippen molar-refractivity contribution in [3.8, 4) is 0 Å². The van der Waals surface area contributed by atoms with Gasteiger partial charge in [-0.2, -0.15) is 18.3 Å². The van der Waals surface area contributed by atoms with E-state index in [1.165, 1.54) is 0 Å². The zero-order valence-electron chi connectivity index (χ0n) is 10.4. The molecule has 0 unspecified atom stereocenters. The van der Waals surface area contributed by atoms with Gasteiger partial charge in [0.15, 0.2) is 0 Å². The van der Waals surface area contributed by atoms with E-state index in [0.717, 1.165) is 12.1 Å². The summed E-state index contributed by atoms with van der Waals surface area (Å²) in [5, 5.41) is 2.73. The lowest BCUT2D eigenvalue weighted by Gasteiger charge is -2.12. The molecule has 4 nitrogen and oxygen atoms in total. The molecule has 10 heteroatoms. The van der Waals surface area contributed by atoms with Gasteiger partial charge in [-0.3, -0.25) is 5.43 Å². The molecule has 0 heterocycles. The molecule has 0 amide bonds. The first-order valence-electron chi connectivity index (χ1n) is 5.39. The van der Waals surface area contributed by atoms with Crippen molar-refractivity contribution >= 4 is 56.0 Å². The quantitative estimate of drug-likeness (QED) is 0.449. The van der Waals surface area contributed by atoms with Crippen molar-refractivity contribution in [2.75, 3.05) is 12.0 Å². The Morgan fingerprint density at radius 2 is 2.10 bits per heavy atom. The summed E-state index contributed by atoms with van der Waals surface area (Å²) >= 11 is 14.2. The van der Waals surface area contributed by atoms with E-state index in [0.29, 0.717) is 0 Å². The fourth-order valence-electron chi connectivity index (χ4n) is 1.18. The Morgan fingerprint density at radius 1 is 1.48 bits per heavy atom. The first-order valence-corrected chi connectivity index (χ1v) is 6.94. The molecular weight excluding hydrogens is 400 g/mol. The van der Waals surface area contributed by atoms with Gasteiger partial charge in [0.25, 0.3) is 0 Å². The van der Waals surface area contributed by atoms with Crippen LogP contribution in [-0.2, 0) is 15.7 Å². The molecule has 0 aliphatic carbocycles. The van der Waals surface area contributed by atoms with Gasteiger partial charge in [-0.25, -0.2) is 4.79 Å². The first-order chi connectivity index (χ1) is 9.66. The van der Waals surface area contributed by atoms with Crippen LogP contribution in [0.2, 0.25) is 5.02 Å². The molecule has 0 aliphatic rings. The Balaban J connectivity index is 3.01. The number of benzene rings is 1. The van der Waals surface area contributed by atoms with Crippen LogP contribution < -0.4 is 5.43 Å². The number of carbonyl (C=O) groups excluding carboxylic acids is 1. The van der Waals surface area contributed by atoms with Crippen LogP contribution >= 0.6 is 39.1 Å². The Kier molecular flexibility index (Phi) is 6.30. The maximum Gasteiger partial charge on any atom is 0.416 e. The molecule has 1 N–H and O–H groups in total. The molecule has 0 radical (unpaired) electrons. The molecule has 1 rings (SSSR count). The molecular formula is C11H8BrCl2F3N2O2. The lowest BCUT2D eigenvalue weighted by molar-refractivity contribution is -0.137. The van der Waals surface area contributed by atoms with Crippen LogP contribution in [0.3, 0.4) is 0 Å². The topological polar surface area (TPSA) is 50.7 Å². The summed E-state index contributed by atoms with van der Waals surface area (Å²) in [6.07, 6.45) is -4.53. The smallest absolute Gasteiger partial charge is 0.416 e. The second kappa shape index (κ2) is 7.33. The molecule has 0 aromatic heterocycles. The molecule has 0 saturated carbocycles. The molecule has 0 atom stereocenters. The van der Waals surface area contributed by atoms with Crippen LogP contribution in [0.4, 0.5) is 18.9 Å². The van der Waals surface area contributed by atoms with Gasteiger partial charge < -0.3 is 4.74 Å². The number of hydrogen-bond donors (Lipinski definition) is 1. The zero-order valence-corrected chi connectivity index (χ0v) is 13.5. The Bertz CT molecular complexity index is 556. The minimum absolute atomic E-state index is 0.0133. The molecule has 0 bridgehead atoms. The fraction of sp³-hybridized carbons (Fsp3) is 0.273. The Morgan fingerprint density at radius 3 is 2.57 bits per heavy atom. The highest BCUT2D eigenvalue weighted by atomic mass is 79.9. The second-order valence-electron chi connectivity index (χ2n) is 3.55. The number of ether oxygens (including phenoxy) is 1. The molecule has 0 aliphatic heterocycles. The van der Waals surface area contributed by atoms with Gasteiger partial charge in [0.1, 0.15) is 0 Å². The Hall–Kier alpha value is -0.990. The van der Waals surface area contributed by atoms with Gasteiger partial charge in [-0.05, 0) is 35.0 Å². The van der Waals surface area contributed by atoms with E-state index in [-0.39, 0.29) is 21.8 Å². The van der Waals surface area contributed by atoms with Gasteiger partial charge in [0.2, 0.25) is 5.17 Å². The van der Waals surface area contributed by atoms with E-state index in [4.69, 9.17) is 23.2 Å². The number of halogens is 6. The molecule has 21 heavy (non-hydrogen) atoms. The minimum atomic E-state index is -4.53. The van der Waals surface area contributed by atoms with E-state index < -0.39 is 22.9 Å². The lowest BCUT2D eigenvalue weighted by atomic mass is 10.2. The largest absolute Gasteiger partial charge is 0.461 e. The van der Waals surface area contributed by atoms with Crippen molar-refractivity contribution < 1.29 is 22.7 Å². The standard InChI is InChI=1S/C11H8BrCl2F3N2O2/c1-2-21-10(20)9(14)19-18-8-6(12)3-5(4-7(8)13)11(15,16)17/h3-4,18H,2H2,1H3. The Labute approximate surface area is 136 Å². The van der Waals surface area contributed by atoms with Crippen molar-refractivity contribution in [1.82, 2.24) is 0 Å². The molecule has 0 fully saturated rings. The monoisotopic (exact) mass is 406 g/mol. The number of nitrogens with zero attached hydrogens (tertiary/aromatic N) is 1. The van der Waals surface area contributed by atoms with E-state index >= 15 is 0 Å². The molecule has 0 saturated heterocycles. The van der Waals surface area contributed by atoms with Crippen LogP contribution in [0, 0.1) is 0 Å². The summed E-state index contributed by atoms with van der Waals surface area (Å²) in [7, 11) is 0. The van der Waals surface area contributed by atoms with Crippen LogP contribution in [0.5, 0.6) is 0 Å². The van der Waals surface area contributed by atoms with Crippen molar-refractivity contribution in [2.45, 2.75) is 13.1 Å². The summed E-state index contributed by atoms with van der Waals surface area (Å²) in [6, 6.07) is 1.55. The van der Waals surface area contributed by atoms with Gasteiger partial charge in [0, 0.05) is 4.47 Å². The van der Waals surface area contributed by atoms with Crippen LogP contribution in [0.15, 0.2) is 21.7 Å². The average Bonchev–Trinajstić information content (AvgIpc) is 2.36. The van der Waals surface area contributed by atoms with Crippen LogP contribution in [0.1, 0.15) is 12.5 Å². The number of alkyl halides is 3. The van der Waals surface area contributed by atoms with E-state index in [2.05, 4.69) is 31.2 Å². The molecule has 0 spiro atoms. The third-order valence-electron chi connectivity index (χ3n) is 2.08. The summed E-state index contributed by atoms with van der Waals surface area (Å²) in [5.74, 6) is -0.870. The van der Waals surface area contributed by atoms with E-state index in [1.807, 2.05) is 0 Å². The maximum absolute atomic E-state index is 12.6. The predicted octanol–water partition coefficient (Wildman–Crippen LogP) is 4.65. The number of rotatable bonds is 4. The lowest BCUT2D eigenvalue weighted by Crippen LogP contribution is -2.13. The van der Waals surface area contributed by atoms with Crippen molar-refractivity contribution in [3.63, 3.8) is 0 Å². The number of anilines is 1. The van der Waals surface area contributed by atoms with Gasteiger partial charge >= 0.3 is 12.1 Å². The minimum Gasteiger partial charge on any atom is -0.461 e. The first kappa shape index (κ1) is 18.1. The fourth-order valence-corrected chi connectivity index (χ4v) is 2.21. The SMILES string of the molecule is CCOC(=O)C(Cl)=NNc1c(Cl)cc(C(F)(F)F)cc1Br. The molecule has 1 aromatic carbocycles. The number of esters is 1. The van der Waals surface area contributed by atoms with E-state index in [1.54, 1.807) is 6.92 Å². The summed E-state index contributed by atoms with van der Waals surface area (Å²) < 4.78 is 42.3. The highest BCUT2D eigenvalue weighted by Crippen LogP contribution is 2.38. The summed E-state index contributed by atoms with van der Waals surface area (Å²) in [5.41, 5.74) is 1.42. The normalized spacial score (nSPS) is 12.2. The van der Waals surface area contributed by atoms with Crippen molar-refractivity contribution in [2.24, 2.45) is 5.10 Å². The maximum atomic E-state index is 12.6. The molecule has 1 aromatic rings. The van der Waals surface area contributed by atoms with E-state index in [9.17, 15) is 18.0 Å². The van der Waals surface area contributed by atoms with Gasteiger partial charge in [-0.1, -0.05) is 23.2 Å². The highest BCUT2D eigenvalue weighted by Gasteiger charge is 2.32. The van der Waals surface area contributed by atoms with Gasteiger partial charge in [-0.15, -0.1) is 0 Å². The summed E-state index contributed by atoms with van der Waals surface area (Å²) in [4.78, 5) is 11.2. The zero-order chi connectivity index (χ0) is 16.2. The van der Waals surface area contributed by atoms with Crippen LogP contribution in [0.25, 0.3) is 0 Å². The van der Waals surface area contributed by atoms with Gasteiger partial charge in [0.05, 0.1) is 22.9 Å².